The number of rotatable bonds is 5. The lowest BCUT2D eigenvalue weighted by atomic mass is 9.82. The SMILES string of the molecule is CC1(C)c2ccccc2-c2ccc(N(c3ccc4ccccc4c3)c3c(-c4ccccc4)ccc4c5ccccc5n(-c5ccccc5)c34)cc21. The summed E-state index contributed by atoms with van der Waals surface area (Å²) < 4.78 is 2.47. The maximum atomic E-state index is 2.52. The third kappa shape index (κ3) is 4.50. The highest BCUT2D eigenvalue weighted by molar-refractivity contribution is 6.17. The molecule has 0 unspecified atom stereocenters. The Hall–Kier alpha value is -6.38. The highest BCUT2D eigenvalue weighted by Gasteiger charge is 2.36. The van der Waals surface area contributed by atoms with Crippen LogP contribution in [-0.2, 0) is 5.41 Å². The highest BCUT2D eigenvalue weighted by atomic mass is 15.2. The van der Waals surface area contributed by atoms with Crippen molar-refractivity contribution in [2.45, 2.75) is 19.3 Å². The Kier molecular flexibility index (Phi) is 6.56. The molecule has 8 aromatic carbocycles. The quantitative estimate of drug-likeness (QED) is 0.180. The van der Waals surface area contributed by atoms with E-state index in [2.05, 4.69) is 205 Å². The lowest BCUT2D eigenvalue weighted by molar-refractivity contribution is 0.660. The molecular weight excluding hydrogens is 617 g/mol. The smallest absolute Gasteiger partial charge is 0.0788 e. The molecule has 0 saturated heterocycles. The van der Waals surface area contributed by atoms with Crippen LogP contribution in [0.25, 0.3) is 60.5 Å². The first-order chi connectivity index (χ1) is 25.1. The van der Waals surface area contributed by atoms with Crippen LogP contribution in [0.3, 0.4) is 0 Å². The summed E-state index contributed by atoms with van der Waals surface area (Å²) >= 11 is 0. The minimum absolute atomic E-state index is 0.135. The van der Waals surface area contributed by atoms with Crippen molar-refractivity contribution in [1.82, 2.24) is 4.57 Å². The summed E-state index contributed by atoms with van der Waals surface area (Å²) in [6.07, 6.45) is 0. The Bertz CT molecular complexity index is 2770. The number of hydrogen-bond donors (Lipinski definition) is 0. The third-order valence-electron chi connectivity index (χ3n) is 10.9. The molecule has 0 radical (unpaired) electrons. The maximum absolute atomic E-state index is 2.52. The van der Waals surface area contributed by atoms with Gasteiger partial charge in [-0.25, -0.2) is 0 Å². The van der Waals surface area contributed by atoms with Gasteiger partial charge >= 0.3 is 0 Å². The summed E-state index contributed by atoms with van der Waals surface area (Å²) in [5.41, 5.74) is 14.5. The van der Waals surface area contributed by atoms with Crippen molar-refractivity contribution in [3.8, 4) is 27.9 Å². The van der Waals surface area contributed by atoms with Crippen LogP contribution >= 0.6 is 0 Å². The average Bonchev–Trinajstić information content (AvgIpc) is 3.64. The molecule has 0 spiro atoms. The molecule has 9 aromatic rings. The number of benzene rings is 8. The second kappa shape index (κ2) is 11.3. The van der Waals surface area contributed by atoms with Crippen LogP contribution in [0.1, 0.15) is 25.0 Å². The van der Waals surface area contributed by atoms with Crippen molar-refractivity contribution in [3.05, 3.63) is 193 Å². The Morgan fingerprint density at radius 2 is 1.08 bits per heavy atom. The molecule has 0 amide bonds. The minimum Gasteiger partial charge on any atom is -0.308 e. The van der Waals surface area contributed by atoms with Gasteiger partial charge in [-0.05, 0) is 81.1 Å². The van der Waals surface area contributed by atoms with Crippen LogP contribution in [0.4, 0.5) is 17.1 Å². The number of nitrogens with zero attached hydrogens (tertiary/aromatic N) is 2. The van der Waals surface area contributed by atoms with E-state index in [1.165, 1.54) is 66.0 Å². The van der Waals surface area contributed by atoms with Crippen molar-refractivity contribution in [1.29, 1.82) is 0 Å². The summed E-state index contributed by atoms with van der Waals surface area (Å²) in [4.78, 5) is 2.52. The van der Waals surface area contributed by atoms with Gasteiger partial charge in [-0.1, -0.05) is 153 Å². The fourth-order valence-electron chi connectivity index (χ4n) is 8.52. The summed E-state index contributed by atoms with van der Waals surface area (Å²) in [5, 5.41) is 4.91. The van der Waals surface area contributed by atoms with Gasteiger partial charge in [-0.15, -0.1) is 0 Å². The normalized spacial score (nSPS) is 13.1. The third-order valence-corrected chi connectivity index (χ3v) is 10.9. The summed E-state index contributed by atoms with van der Waals surface area (Å²) in [6.45, 7) is 4.73. The first-order valence-corrected chi connectivity index (χ1v) is 17.8. The maximum Gasteiger partial charge on any atom is 0.0788 e. The van der Waals surface area contributed by atoms with Gasteiger partial charge in [0.25, 0.3) is 0 Å². The van der Waals surface area contributed by atoms with Crippen LogP contribution in [0.2, 0.25) is 0 Å². The zero-order valence-electron chi connectivity index (χ0n) is 28.7. The van der Waals surface area contributed by atoms with Gasteiger partial charge < -0.3 is 9.47 Å². The van der Waals surface area contributed by atoms with Gasteiger partial charge in [0.05, 0.1) is 16.7 Å². The van der Waals surface area contributed by atoms with Gasteiger partial charge in [0.1, 0.15) is 0 Å². The summed E-state index contributed by atoms with van der Waals surface area (Å²) in [6, 6.07) is 66.8. The van der Waals surface area contributed by atoms with Gasteiger partial charge in [0, 0.05) is 38.8 Å². The van der Waals surface area contributed by atoms with Crippen LogP contribution in [0.5, 0.6) is 0 Å². The molecule has 2 nitrogen and oxygen atoms in total. The van der Waals surface area contributed by atoms with Gasteiger partial charge in [-0.2, -0.15) is 0 Å². The number of anilines is 3. The fourth-order valence-corrected chi connectivity index (χ4v) is 8.52. The molecule has 10 rings (SSSR count). The lowest BCUT2D eigenvalue weighted by Gasteiger charge is -2.31. The molecule has 0 bridgehead atoms. The van der Waals surface area contributed by atoms with Crippen molar-refractivity contribution < 1.29 is 0 Å². The molecule has 2 heteroatoms. The second-order valence-electron chi connectivity index (χ2n) is 14.2. The monoisotopic (exact) mass is 652 g/mol. The topological polar surface area (TPSA) is 8.17 Å². The van der Waals surface area contributed by atoms with Crippen molar-refractivity contribution >= 4 is 49.6 Å². The molecule has 0 saturated carbocycles. The molecule has 242 valence electrons. The first-order valence-electron chi connectivity index (χ1n) is 17.8. The lowest BCUT2D eigenvalue weighted by Crippen LogP contribution is -2.17. The molecule has 0 atom stereocenters. The van der Waals surface area contributed by atoms with Crippen LogP contribution in [-0.4, -0.2) is 4.57 Å². The molecule has 51 heavy (non-hydrogen) atoms. The Labute approximate surface area is 298 Å². The van der Waals surface area contributed by atoms with Crippen LogP contribution in [0.15, 0.2) is 182 Å². The van der Waals surface area contributed by atoms with E-state index < -0.39 is 0 Å². The minimum atomic E-state index is -0.135. The van der Waals surface area contributed by atoms with Crippen LogP contribution in [0, 0.1) is 0 Å². The second-order valence-corrected chi connectivity index (χ2v) is 14.2. The average molecular weight is 653 g/mol. The Morgan fingerprint density at radius 3 is 1.92 bits per heavy atom. The number of para-hydroxylation sites is 2. The largest absolute Gasteiger partial charge is 0.308 e. The number of aromatic nitrogens is 1. The number of fused-ring (bicyclic) bond motifs is 7. The van der Waals surface area contributed by atoms with E-state index in [1.807, 2.05) is 0 Å². The predicted molar refractivity (Wildman–Crippen MR) is 216 cm³/mol. The highest BCUT2D eigenvalue weighted by Crippen LogP contribution is 2.53. The summed E-state index contributed by atoms with van der Waals surface area (Å²) in [7, 11) is 0. The molecule has 0 aliphatic heterocycles. The van der Waals surface area contributed by atoms with E-state index in [0.29, 0.717) is 0 Å². The fraction of sp³-hybridized carbons (Fsp3) is 0.0612. The van der Waals surface area contributed by atoms with Crippen LogP contribution < -0.4 is 4.90 Å². The van der Waals surface area contributed by atoms with Crippen molar-refractivity contribution in [2.24, 2.45) is 0 Å². The Morgan fingerprint density at radius 1 is 0.451 bits per heavy atom. The zero-order valence-corrected chi connectivity index (χ0v) is 28.7. The number of hydrogen-bond acceptors (Lipinski definition) is 1. The molecule has 1 heterocycles. The zero-order chi connectivity index (χ0) is 34.1. The Balaban J connectivity index is 1.36. The summed E-state index contributed by atoms with van der Waals surface area (Å²) in [5.74, 6) is 0. The van der Waals surface area contributed by atoms with E-state index >= 15 is 0 Å². The van der Waals surface area contributed by atoms with E-state index in [4.69, 9.17) is 0 Å². The molecule has 1 aromatic heterocycles. The predicted octanol–water partition coefficient (Wildman–Crippen LogP) is 13.4. The first kappa shape index (κ1) is 29.5. The van der Waals surface area contributed by atoms with E-state index in [1.54, 1.807) is 0 Å². The van der Waals surface area contributed by atoms with Crippen molar-refractivity contribution in [2.75, 3.05) is 4.90 Å². The van der Waals surface area contributed by atoms with Gasteiger partial charge in [0.15, 0.2) is 0 Å². The van der Waals surface area contributed by atoms with Gasteiger partial charge in [-0.3, -0.25) is 0 Å². The molecule has 0 fully saturated rings. The molecular formula is C49H36N2. The molecule has 1 aliphatic carbocycles. The van der Waals surface area contributed by atoms with E-state index in [9.17, 15) is 0 Å². The van der Waals surface area contributed by atoms with E-state index in [0.717, 1.165) is 22.7 Å². The standard InChI is InChI=1S/C49H36N2/c1-49(2)44-23-13-11-21-40(44)41-28-27-38(32-45(41)49)50(37-26-25-33-15-9-10-18-35(33)31-37)47-39(34-16-5-3-6-17-34)29-30-43-42-22-12-14-24-46(42)51(48(43)47)36-19-7-4-8-20-36/h3-32H,1-2H3. The molecule has 0 N–H and O–H groups in total. The van der Waals surface area contributed by atoms with E-state index in [-0.39, 0.29) is 5.41 Å². The van der Waals surface area contributed by atoms with Crippen molar-refractivity contribution in [3.63, 3.8) is 0 Å². The molecule has 1 aliphatic rings. The van der Waals surface area contributed by atoms with Gasteiger partial charge in [0.2, 0.25) is 0 Å².